The van der Waals surface area contributed by atoms with E-state index in [1.807, 2.05) is 25.1 Å². The smallest absolute Gasteiger partial charge is 0.130 e. The molecule has 1 aliphatic heterocycles. The van der Waals surface area contributed by atoms with E-state index in [1.54, 1.807) is 6.92 Å². The summed E-state index contributed by atoms with van der Waals surface area (Å²) in [6.07, 6.45) is -0.624. The molecule has 0 aliphatic carbocycles. The standard InChI is InChI=1S/C17H19N3O2/c1-11-7-14(12(2)21)17-15(8-11)13(10-18)9-16(19-17)20-3-5-22-6-4-20/h7-9,12,21H,3-6H2,1-2H3. The number of pyridine rings is 1. The van der Waals surface area contributed by atoms with Crippen LogP contribution >= 0.6 is 0 Å². The normalized spacial score (nSPS) is 16.5. The fourth-order valence-corrected chi connectivity index (χ4v) is 2.86. The second-order valence-electron chi connectivity index (χ2n) is 5.67. The van der Waals surface area contributed by atoms with Crippen LogP contribution in [0.5, 0.6) is 0 Å². The number of benzene rings is 1. The summed E-state index contributed by atoms with van der Waals surface area (Å²) in [5.41, 5.74) is 3.08. The number of nitriles is 1. The third-order valence-electron chi connectivity index (χ3n) is 3.98. The lowest BCUT2D eigenvalue weighted by Crippen LogP contribution is -2.36. The van der Waals surface area contributed by atoms with Crippen molar-refractivity contribution in [2.75, 3.05) is 31.2 Å². The first-order valence-electron chi connectivity index (χ1n) is 7.46. The van der Waals surface area contributed by atoms with Crippen LogP contribution in [0.25, 0.3) is 10.9 Å². The molecule has 2 heterocycles. The predicted molar refractivity (Wildman–Crippen MR) is 84.9 cm³/mol. The Kier molecular flexibility index (Phi) is 3.97. The summed E-state index contributed by atoms with van der Waals surface area (Å²) in [7, 11) is 0. The van der Waals surface area contributed by atoms with Gasteiger partial charge in [0.1, 0.15) is 5.82 Å². The van der Waals surface area contributed by atoms with Gasteiger partial charge in [-0.3, -0.25) is 0 Å². The topological polar surface area (TPSA) is 69.4 Å². The van der Waals surface area contributed by atoms with E-state index < -0.39 is 6.10 Å². The first-order valence-corrected chi connectivity index (χ1v) is 7.46. The lowest BCUT2D eigenvalue weighted by Gasteiger charge is -2.28. The molecule has 1 aliphatic rings. The highest BCUT2D eigenvalue weighted by Gasteiger charge is 2.18. The SMILES string of the molecule is Cc1cc(C(C)O)c2nc(N3CCOCC3)cc(C#N)c2c1. The van der Waals surface area contributed by atoms with Crippen molar-refractivity contribution in [3.63, 3.8) is 0 Å². The summed E-state index contributed by atoms with van der Waals surface area (Å²) in [5, 5.41) is 20.4. The van der Waals surface area contributed by atoms with Crippen LogP contribution in [-0.2, 0) is 4.74 Å². The van der Waals surface area contributed by atoms with Crippen molar-refractivity contribution in [1.82, 2.24) is 4.98 Å². The van der Waals surface area contributed by atoms with Crippen molar-refractivity contribution in [2.24, 2.45) is 0 Å². The lowest BCUT2D eigenvalue weighted by molar-refractivity contribution is 0.122. The van der Waals surface area contributed by atoms with E-state index in [1.165, 1.54) is 0 Å². The number of ether oxygens (including phenoxy) is 1. The number of hydrogen-bond donors (Lipinski definition) is 1. The Morgan fingerprint density at radius 1 is 1.32 bits per heavy atom. The van der Waals surface area contributed by atoms with E-state index in [0.717, 1.165) is 35.4 Å². The predicted octanol–water partition coefficient (Wildman–Crippen LogP) is 2.30. The van der Waals surface area contributed by atoms with Crippen molar-refractivity contribution in [3.8, 4) is 6.07 Å². The van der Waals surface area contributed by atoms with Gasteiger partial charge in [0.15, 0.2) is 0 Å². The number of aliphatic hydroxyl groups is 1. The van der Waals surface area contributed by atoms with Crippen molar-refractivity contribution in [3.05, 3.63) is 34.9 Å². The van der Waals surface area contributed by atoms with Crippen LogP contribution in [0.4, 0.5) is 5.82 Å². The molecule has 1 unspecified atom stereocenters. The maximum Gasteiger partial charge on any atom is 0.130 e. The molecule has 1 atom stereocenters. The Balaban J connectivity index is 2.23. The van der Waals surface area contributed by atoms with E-state index in [2.05, 4.69) is 11.0 Å². The third kappa shape index (κ3) is 2.63. The quantitative estimate of drug-likeness (QED) is 0.921. The minimum Gasteiger partial charge on any atom is -0.389 e. The second-order valence-corrected chi connectivity index (χ2v) is 5.67. The molecule has 1 fully saturated rings. The summed E-state index contributed by atoms with van der Waals surface area (Å²) in [6, 6.07) is 7.98. The second kappa shape index (κ2) is 5.91. The number of aromatic nitrogens is 1. The molecule has 1 aromatic heterocycles. The van der Waals surface area contributed by atoms with Gasteiger partial charge in [0.05, 0.1) is 36.5 Å². The molecule has 1 N–H and O–H groups in total. The Bertz CT molecular complexity index is 744. The van der Waals surface area contributed by atoms with Crippen LogP contribution in [0.3, 0.4) is 0 Å². The number of fused-ring (bicyclic) bond motifs is 1. The molecule has 3 rings (SSSR count). The molecular weight excluding hydrogens is 278 g/mol. The Labute approximate surface area is 129 Å². The number of rotatable bonds is 2. The van der Waals surface area contributed by atoms with Gasteiger partial charge in [-0.25, -0.2) is 4.98 Å². The number of aliphatic hydroxyl groups excluding tert-OH is 1. The Morgan fingerprint density at radius 3 is 2.68 bits per heavy atom. The summed E-state index contributed by atoms with van der Waals surface area (Å²) < 4.78 is 5.37. The average Bonchev–Trinajstić information content (AvgIpc) is 2.53. The zero-order chi connectivity index (χ0) is 15.7. The molecule has 22 heavy (non-hydrogen) atoms. The average molecular weight is 297 g/mol. The van der Waals surface area contributed by atoms with Crippen LogP contribution in [-0.4, -0.2) is 36.4 Å². The fourth-order valence-electron chi connectivity index (χ4n) is 2.86. The monoisotopic (exact) mass is 297 g/mol. The highest BCUT2D eigenvalue weighted by atomic mass is 16.5. The van der Waals surface area contributed by atoms with E-state index >= 15 is 0 Å². The number of morpholine rings is 1. The molecule has 1 aromatic carbocycles. The van der Waals surface area contributed by atoms with E-state index in [9.17, 15) is 10.4 Å². The van der Waals surface area contributed by atoms with Crippen LogP contribution < -0.4 is 4.90 Å². The molecule has 1 saturated heterocycles. The molecule has 0 amide bonds. The Morgan fingerprint density at radius 2 is 2.05 bits per heavy atom. The van der Waals surface area contributed by atoms with Gasteiger partial charge >= 0.3 is 0 Å². The number of aryl methyl sites for hydroxylation is 1. The van der Waals surface area contributed by atoms with Crippen LogP contribution in [0, 0.1) is 18.3 Å². The molecular formula is C17H19N3O2. The van der Waals surface area contributed by atoms with E-state index in [4.69, 9.17) is 9.72 Å². The first-order chi connectivity index (χ1) is 10.6. The van der Waals surface area contributed by atoms with Crippen LogP contribution in [0.15, 0.2) is 18.2 Å². The lowest BCUT2D eigenvalue weighted by atomic mass is 9.99. The largest absolute Gasteiger partial charge is 0.389 e. The summed E-state index contributed by atoms with van der Waals surface area (Å²) in [6.45, 7) is 6.54. The highest BCUT2D eigenvalue weighted by Crippen LogP contribution is 2.30. The minimum atomic E-state index is -0.624. The third-order valence-corrected chi connectivity index (χ3v) is 3.98. The summed E-state index contributed by atoms with van der Waals surface area (Å²) in [4.78, 5) is 6.85. The molecule has 0 spiro atoms. The van der Waals surface area contributed by atoms with Crippen molar-refractivity contribution >= 4 is 16.7 Å². The van der Waals surface area contributed by atoms with Gasteiger partial charge in [-0.1, -0.05) is 6.07 Å². The summed E-state index contributed by atoms with van der Waals surface area (Å²) in [5.74, 6) is 0.776. The summed E-state index contributed by atoms with van der Waals surface area (Å²) >= 11 is 0. The maximum absolute atomic E-state index is 10.1. The van der Waals surface area contributed by atoms with Gasteiger partial charge in [-0.2, -0.15) is 5.26 Å². The zero-order valence-electron chi connectivity index (χ0n) is 12.8. The fraction of sp³-hybridized carbons (Fsp3) is 0.412. The van der Waals surface area contributed by atoms with Crippen molar-refractivity contribution in [1.29, 1.82) is 5.26 Å². The van der Waals surface area contributed by atoms with Gasteiger partial charge in [-0.05, 0) is 31.5 Å². The molecule has 2 aromatic rings. The van der Waals surface area contributed by atoms with Crippen molar-refractivity contribution < 1.29 is 9.84 Å². The molecule has 0 radical (unpaired) electrons. The highest BCUT2D eigenvalue weighted by molar-refractivity contribution is 5.90. The van der Waals surface area contributed by atoms with Crippen molar-refractivity contribution in [2.45, 2.75) is 20.0 Å². The van der Waals surface area contributed by atoms with E-state index in [0.29, 0.717) is 24.3 Å². The van der Waals surface area contributed by atoms with E-state index in [-0.39, 0.29) is 0 Å². The van der Waals surface area contributed by atoms with Gasteiger partial charge in [0.2, 0.25) is 0 Å². The molecule has 114 valence electrons. The number of hydrogen-bond acceptors (Lipinski definition) is 5. The molecule has 0 saturated carbocycles. The minimum absolute atomic E-state index is 0.595. The van der Waals surface area contributed by atoms with Crippen LogP contribution in [0.1, 0.15) is 29.7 Å². The van der Waals surface area contributed by atoms with Gasteiger partial charge in [0.25, 0.3) is 0 Å². The molecule has 5 heteroatoms. The maximum atomic E-state index is 10.1. The van der Waals surface area contributed by atoms with Gasteiger partial charge in [-0.15, -0.1) is 0 Å². The zero-order valence-corrected chi connectivity index (χ0v) is 12.8. The molecule has 0 bridgehead atoms. The van der Waals surface area contributed by atoms with Crippen LogP contribution in [0.2, 0.25) is 0 Å². The Hall–Kier alpha value is -2.16. The van der Waals surface area contributed by atoms with Gasteiger partial charge < -0.3 is 14.7 Å². The number of anilines is 1. The molecule has 5 nitrogen and oxygen atoms in total. The van der Waals surface area contributed by atoms with Gasteiger partial charge in [0, 0.05) is 24.0 Å². The first kappa shape index (κ1) is 14.8. The number of nitrogens with zero attached hydrogens (tertiary/aromatic N) is 3.